The Morgan fingerprint density at radius 2 is 2.67 bits per heavy atom. The molecule has 48 valence electrons. The van der Waals surface area contributed by atoms with Gasteiger partial charge in [-0.1, -0.05) is 0 Å². The van der Waals surface area contributed by atoms with Crippen molar-refractivity contribution in [3.05, 3.63) is 29.3 Å². The van der Waals surface area contributed by atoms with Crippen LogP contribution in [0.25, 0.3) is 0 Å². The second-order valence-electron chi connectivity index (χ2n) is 1.68. The number of hydrogen-bond donors (Lipinski definition) is 0. The molecular formula is C7H8OS. The van der Waals surface area contributed by atoms with E-state index in [2.05, 4.69) is 12.3 Å². The van der Waals surface area contributed by atoms with Gasteiger partial charge in [0.1, 0.15) is 0 Å². The van der Waals surface area contributed by atoms with Crippen LogP contribution in [0.5, 0.6) is 0 Å². The maximum atomic E-state index is 4.97. The third-order valence-electron chi connectivity index (χ3n) is 1.09. The summed E-state index contributed by atoms with van der Waals surface area (Å²) in [4.78, 5) is 1.12. The second kappa shape index (κ2) is 2.99. The summed E-state index contributed by atoms with van der Waals surface area (Å²) in [5.41, 5.74) is 0. The van der Waals surface area contributed by atoms with Crippen LogP contribution in [0.3, 0.4) is 0 Å². The third-order valence-corrected chi connectivity index (χ3v) is 1.98. The summed E-state index contributed by atoms with van der Waals surface area (Å²) in [6.07, 6.45) is -0.0266. The van der Waals surface area contributed by atoms with E-state index in [1.807, 2.05) is 12.1 Å². The molecule has 2 radical (unpaired) electrons. The summed E-state index contributed by atoms with van der Waals surface area (Å²) in [5, 5.41) is 2.97. The number of rotatable bonds is 2. The highest BCUT2D eigenvalue weighted by Crippen LogP contribution is 2.19. The van der Waals surface area contributed by atoms with Crippen LogP contribution in [0, 0.1) is 12.3 Å². The van der Waals surface area contributed by atoms with Gasteiger partial charge in [0.15, 0.2) is 0 Å². The van der Waals surface area contributed by atoms with Crippen molar-refractivity contribution in [1.82, 2.24) is 0 Å². The van der Waals surface area contributed by atoms with Gasteiger partial charge in [-0.05, 0) is 19.1 Å². The molecule has 2 heteroatoms. The molecule has 9 heavy (non-hydrogen) atoms. The average molecular weight is 140 g/mol. The van der Waals surface area contributed by atoms with E-state index in [9.17, 15) is 0 Å². The lowest BCUT2D eigenvalue weighted by Gasteiger charge is -2.03. The summed E-state index contributed by atoms with van der Waals surface area (Å²) in [5.74, 6) is 0. The maximum Gasteiger partial charge on any atom is 0.0914 e. The fraction of sp³-hybridized carbons (Fsp3) is 0.286. The van der Waals surface area contributed by atoms with Gasteiger partial charge in [0.25, 0.3) is 0 Å². The van der Waals surface area contributed by atoms with Crippen LogP contribution in [0.1, 0.15) is 11.0 Å². The SMILES string of the molecule is [CH2]C(OC)c1cc[c]s1. The smallest absolute Gasteiger partial charge is 0.0914 e. The molecule has 0 fully saturated rings. The van der Waals surface area contributed by atoms with Crippen LogP contribution >= 0.6 is 11.3 Å². The first-order valence-corrected chi connectivity index (χ1v) is 3.48. The van der Waals surface area contributed by atoms with E-state index in [-0.39, 0.29) is 6.10 Å². The lowest BCUT2D eigenvalue weighted by atomic mass is 10.3. The van der Waals surface area contributed by atoms with Gasteiger partial charge in [-0.15, -0.1) is 11.3 Å². The third kappa shape index (κ3) is 1.53. The molecule has 0 aliphatic heterocycles. The highest BCUT2D eigenvalue weighted by molar-refractivity contribution is 7.09. The molecular weight excluding hydrogens is 132 g/mol. The molecule has 0 aliphatic rings. The summed E-state index contributed by atoms with van der Waals surface area (Å²) >= 11 is 1.54. The minimum Gasteiger partial charge on any atom is -0.376 e. The van der Waals surface area contributed by atoms with Gasteiger partial charge in [-0.25, -0.2) is 0 Å². The monoisotopic (exact) mass is 140 g/mol. The van der Waals surface area contributed by atoms with Crippen LogP contribution in [0.2, 0.25) is 0 Å². The molecule has 0 aromatic carbocycles. The Labute approximate surface area is 59.3 Å². The van der Waals surface area contributed by atoms with Crippen molar-refractivity contribution in [3.63, 3.8) is 0 Å². The van der Waals surface area contributed by atoms with Gasteiger partial charge in [0, 0.05) is 17.4 Å². The number of thiophene rings is 1. The topological polar surface area (TPSA) is 9.23 Å². The van der Waals surface area contributed by atoms with Crippen LogP contribution in [0.4, 0.5) is 0 Å². The van der Waals surface area contributed by atoms with Crippen molar-refractivity contribution >= 4 is 11.3 Å². The van der Waals surface area contributed by atoms with E-state index in [1.165, 1.54) is 0 Å². The Hall–Kier alpha value is -0.340. The number of methoxy groups -OCH3 is 1. The van der Waals surface area contributed by atoms with E-state index in [1.54, 1.807) is 18.4 Å². The number of ether oxygens (including phenoxy) is 1. The number of hydrogen-bond acceptors (Lipinski definition) is 2. The predicted octanol–water partition coefficient (Wildman–Crippen LogP) is 2.07. The fourth-order valence-corrected chi connectivity index (χ4v) is 1.18. The lowest BCUT2D eigenvalue weighted by molar-refractivity contribution is 0.143. The Morgan fingerprint density at radius 1 is 1.89 bits per heavy atom. The molecule has 0 saturated carbocycles. The van der Waals surface area contributed by atoms with Gasteiger partial charge < -0.3 is 4.74 Å². The quantitative estimate of drug-likeness (QED) is 0.611. The maximum absolute atomic E-state index is 4.97. The van der Waals surface area contributed by atoms with E-state index in [4.69, 9.17) is 4.74 Å². The van der Waals surface area contributed by atoms with Gasteiger partial charge in [-0.2, -0.15) is 0 Å². The van der Waals surface area contributed by atoms with Crippen LogP contribution in [-0.4, -0.2) is 7.11 Å². The van der Waals surface area contributed by atoms with E-state index in [0.717, 1.165) is 4.88 Å². The molecule has 0 aliphatic carbocycles. The van der Waals surface area contributed by atoms with E-state index in [0.29, 0.717) is 0 Å². The Morgan fingerprint density at radius 3 is 3.11 bits per heavy atom. The molecule has 1 heterocycles. The highest BCUT2D eigenvalue weighted by atomic mass is 32.1. The summed E-state index contributed by atoms with van der Waals surface area (Å²) < 4.78 is 4.97. The molecule has 1 rings (SSSR count). The van der Waals surface area contributed by atoms with Crippen molar-refractivity contribution in [2.45, 2.75) is 6.10 Å². The van der Waals surface area contributed by atoms with E-state index >= 15 is 0 Å². The highest BCUT2D eigenvalue weighted by Gasteiger charge is 2.02. The van der Waals surface area contributed by atoms with E-state index < -0.39 is 0 Å². The first kappa shape index (κ1) is 6.78. The minimum absolute atomic E-state index is 0.0266. The molecule has 1 atom stereocenters. The molecule has 1 aromatic heterocycles. The largest absolute Gasteiger partial charge is 0.376 e. The molecule has 0 saturated heterocycles. The normalized spacial score (nSPS) is 13.6. The Kier molecular flexibility index (Phi) is 2.25. The molecule has 1 unspecified atom stereocenters. The molecule has 0 N–H and O–H groups in total. The van der Waals surface area contributed by atoms with Gasteiger partial charge >= 0.3 is 0 Å². The molecule has 0 spiro atoms. The zero-order valence-corrected chi connectivity index (χ0v) is 6.07. The van der Waals surface area contributed by atoms with Gasteiger partial charge in [0.2, 0.25) is 0 Å². The predicted molar refractivity (Wildman–Crippen MR) is 38.3 cm³/mol. The van der Waals surface area contributed by atoms with Crippen molar-refractivity contribution in [1.29, 1.82) is 0 Å². The van der Waals surface area contributed by atoms with Crippen molar-refractivity contribution in [3.8, 4) is 0 Å². The standard InChI is InChI=1S/C7H8OS/c1-6(8-2)7-4-3-5-9-7/h3-4,6H,1H2,2H3. The van der Waals surface area contributed by atoms with Crippen LogP contribution in [0.15, 0.2) is 12.1 Å². The summed E-state index contributed by atoms with van der Waals surface area (Å²) in [7, 11) is 1.65. The average Bonchev–Trinajstić information content (AvgIpc) is 2.37. The van der Waals surface area contributed by atoms with Crippen LogP contribution in [-0.2, 0) is 4.74 Å². The lowest BCUT2D eigenvalue weighted by Crippen LogP contribution is -1.90. The molecule has 1 aromatic rings. The zero-order chi connectivity index (χ0) is 6.69. The van der Waals surface area contributed by atoms with Gasteiger partial charge in [0.05, 0.1) is 6.10 Å². The first-order chi connectivity index (χ1) is 4.34. The van der Waals surface area contributed by atoms with Crippen molar-refractivity contribution < 1.29 is 4.74 Å². The van der Waals surface area contributed by atoms with Gasteiger partial charge in [-0.3, -0.25) is 0 Å². The van der Waals surface area contributed by atoms with Crippen molar-refractivity contribution in [2.24, 2.45) is 0 Å². The Bertz CT molecular complexity index is 157. The first-order valence-electron chi connectivity index (χ1n) is 2.66. The zero-order valence-electron chi connectivity index (χ0n) is 5.26. The van der Waals surface area contributed by atoms with Crippen molar-refractivity contribution in [2.75, 3.05) is 7.11 Å². The molecule has 1 nitrogen and oxygen atoms in total. The second-order valence-corrected chi connectivity index (χ2v) is 2.59. The minimum atomic E-state index is -0.0266. The Balaban J connectivity index is 2.65. The fourth-order valence-electron chi connectivity index (χ4n) is 0.541. The summed E-state index contributed by atoms with van der Waals surface area (Å²) in [6.45, 7) is 3.77. The van der Waals surface area contributed by atoms with Crippen LogP contribution < -0.4 is 0 Å². The molecule has 0 bridgehead atoms. The molecule has 0 amide bonds. The summed E-state index contributed by atoms with van der Waals surface area (Å²) in [6, 6.07) is 3.84.